The second-order valence-electron chi connectivity index (χ2n) is 4.91. The number of rotatable bonds is 2. The first-order chi connectivity index (χ1) is 8.83. The quantitative estimate of drug-likeness (QED) is 0.854. The minimum absolute atomic E-state index is 0.0444. The van der Waals surface area contributed by atoms with Gasteiger partial charge in [0.1, 0.15) is 0 Å². The summed E-state index contributed by atoms with van der Waals surface area (Å²) < 4.78 is 0. The largest absolute Gasteiger partial charge is 0.325 e. The van der Waals surface area contributed by atoms with Gasteiger partial charge < -0.3 is 10.6 Å². The molecule has 1 aliphatic carbocycles. The van der Waals surface area contributed by atoms with E-state index in [1.54, 1.807) is 0 Å². The molecule has 3 rings (SSSR count). The lowest BCUT2D eigenvalue weighted by molar-refractivity contribution is -0.117. The van der Waals surface area contributed by atoms with Crippen LogP contribution in [0.2, 0.25) is 0 Å². The number of anilines is 1. The summed E-state index contributed by atoms with van der Waals surface area (Å²) in [7, 11) is 0. The van der Waals surface area contributed by atoms with Gasteiger partial charge in [-0.3, -0.25) is 4.79 Å². The molecule has 4 heteroatoms. The Morgan fingerprint density at radius 3 is 3.06 bits per heavy atom. The summed E-state index contributed by atoms with van der Waals surface area (Å²) in [5.74, 6) is 2.07. The number of carbonyl (C=O) groups is 1. The number of benzene rings is 1. The first-order valence-corrected chi connectivity index (χ1v) is 7.72. The molecule has 1 aromatic rings. The molecule has 1 amide bonds. The zero-order chi connectivity index (χ0) is 12.4. The Balaban J connectivity index is 1.66. The Hall–Kier alpha value is -1.00. The number of hydrogen-bond donors (Lipinski definition) is 2. The molecule has 2 aliphatic rings. The molecule has 3 nitrogen and oxygen atoms in total. The average molecular weight is 262 g/mol. The third-order valence-corrected chi connectivity index (χ3v) is 4.67. The van der Waals surface area contributed by atoms with Crippen LogP contribution in [0.4, 0.5) is 5.69 Å². The van der Waals surface area contributed by atoms with Crippen LogP contribution >= 0.6 is 11.8 Å². The highest BCUT2D eigenvalue weighted by Gasteiger charge is 2.21. The Morgan fingerprint density at radius 2 is 2.22 bits per heavy atom. The number of thioether (sulfide) groups is 1. The van der Waals surface area contributed by atoms with Crippen molar-refractivity contribution in [1.82, 2.24) is 5.32 Å². The molecule has 2 N–H and O–H groups in total. The van der Waals surface area contributed by atoms with Gasteiger partial charge in [-0.1, -0.05) is 6.07 Å². The molecule has 96 valence electrons. The van der Waals surface area contributed by atoms with E-state index in [9.17, 15) is 4.79 Å². The SMILES string of the molecule is O=C(Nc1ccc2c(c1)CCC2)C1CSCCN1. The molecule has 0 radical (unpaired) electrons. The standard InChI is InChI=1S/C14H18N2OS/c17-14(13-9-18-7-6-15-13)16-12-5-4-10-2-1-3-11(10)8-12/h4-5,8,13,15H,1-3,6-7,9H2,(H,16,17). The van der Waals surface area contributed by atoms with Crippen LogP contribution in [0.25, 0.3) is 0 Å². The van der Waals surface area contributed by atoms with E-state index >= 15 is 0 Å². The smallest absolute Gasteiger partial charge is 0.242 e. The molecule has 1 unspecified atom stereocenters. The van der Waals surface area contributed by atoms with Crippen molar-refractivity contribution < 1.29 is 4.79 Å². The molecular formula is C14H18N2OS. The molecule has 1 atom stereocenters. The third kappa shape index (κ3) is 2.54. The van der Waals surface area contributed by atoms with Crippen LogP contribution < -0.4 is 10.6 Å². The third-order valence-electron chi connectivity index (χ3n) is 3.60. The Kier molecular flexibility index (Phi) is 3.57. The maximum absolute atomic E-state index is 12.1. The van der Waals surface area contributed by atoms with Crippen molar-refractivity contribution >= 4 is 23.4 Å². The lowest BCUT2D eigenvalue weighted by atomic mass is 10.1. The fourth-order valence-corrected chi connectivity index (χ4v) is 3.55. The van der Waals surface area contributed by atoms with Gasteiger partial charge in [-0.15, -0.1) is 0 Å². The van der Waals surface area contributed by atoms with Crippen LogP contribution in [-0.2, 0) is 17.6 Å². The van der Waals surface area contributed by atoms with Gasteiger partial charge in [-0.25, -0.2) is 0 Å². The Bertz CT molecular complexity index is 455. The number of nitrogens with one attached hydrogen (secondary N) is 2. The summed E-state index contributed by atoms with van der Waals surface area (Å²) >= 11 is 1.84. The van der Waals surface area contributed by atoms with Crippen molar-refractivity contribution in [1.29, 1.82) is 0 Å². The number of carbonyl (C=O) groups excluding carboxylic acids is 1. The fraction of sp³-hybridized carbons (Fsp3) is 0.500. The highest BCUT2D eigenvalue weighted by Crippen LogP contribution is 2.25. The predicted molar refractivity (Wildman–Crippen MR) is 76.2 cm³/mol. The molecule has 0 aromatic heterocycles. The zero-order valence-corrected chi connectivity index (χ0v) is 11.2. The molecule has 1 aliphatic heterocycles. The van der Waals surface area contributed by atoms with Gasteiger partial charge in [0.05, 0.1) is 6.04 Å². The van der Waals surface area contributed by atoms with Crippen molar-refractivity contribution in [2.24, 2.45) is 0 Å². The summed E-state index contributed by atoms with van der Waals surface area (Å²) in [5, 5.41) is 6.29. The van der Waals surface area contributed by atoms with Crippen LogP contribution in [0.3, 0.4) is 0 Å². The van der Waals surface area contributed by atoms with Gasteiger partial charge in [0.25, 0.3) is 0 Å². The van der Waals surface area contributed by atoms with Crippen molar-refractivity contribution in [3.8, 4) is 0 Å². The van der Waals surface area contributed by atoms with Crippen molar-refractivity contribution in [3.05, 3.63) is 29.3 Å². The van der Waals surface area contributed by atoms with Crippen LogP contribution in [0.5, 0.6) is 0 Å². The Labute approximate surface area is 112 Å². The van der Waals surface area contributed by atoms with E-state index in [-0.39, 0.29) is 11.9 Å². The number of hydrogen-bond acceptors (Lipinski definition) is 3. The molecule has 1 heterocycles. The van der Waals surface area contributed by atoms with Gasteiger partial charge >= 0.3 is 0 Å². The molecule has 1 aromatic carbocycles. The fourth-order valence-electron chi connectivity index (χ4n) is 2.61. The van der Waals surface area contributed by atoms with Crippen LogP contribution in [0.15, 0.2) is 18.2 Å². The normalized spacial score (nSPS) is 22.6. The van der Waals surface area contributed by atoms with E-state index in [1.165, 1.54) is 24.0 Å². The van der Waals surface area contributed by atoms with Gasteiger partial charge in [0.15, 0.2) is 0 Å². The maximum Gasteiger partial charge on any atom is 0.242 e. The van der Waals surface area contributed by atoms with Crippen LogP contribution in [0, 0.1) is 0 Å². The van der Waals surface area contributed by atoms with E-state index in [0.717, 1.165) is 30.2 Å². The molecule has 0 bridgehead atoms. The summed E-state index contributed by atoms with van der Waals surface area (Å²) in [6.07, 6.45) is 3.58. The Morgan fingerprint density at radius 1 is 1.33 bits per heavy atom. The second-order valence-corrected chi connectivity index (χ2v) is 6.06. The van der Waals surface area contributed by atoms with E-state index in [4.69, 9.17) is 0 Å². The molecule has 0 spiro atoms. The molecular weight excluding hydrogens is 244 g/mol. The number of fused-ring (bicyclic) bond motifs is 1. The zero-order valence-electron chi connectivity index (χ0n) is 10.4. The van der Waals surface area contributed by atoms with Gasteiger partial charge in [0, 0.05) is 23.7 Å². The first kappa shape index (κ1) is 12.1. The van der Waals surface area contributed by atoms with E-state index in [1.807, 2.05) is 17.8 Å². The lowest BCUT2D eigenvalue weighted by Crippen LogP contribution is -2.46. The summed E-state index contributed by atoms with van der Waals surface area (Å²) in [6.45, 7) is 0.924. The van der Waals surface area contributed by atoms with Crippen LogP contribution in [0.1, 0.15) is 17.5 Å². The van der Waals surface area contributed by atoms with Crippen LogP contribution in [-0.4, -0.2) is 30.0 Å². The molecule has 1 fully saturated rings. The number of amides is 1. The van der Waals surface area contributed by atoms with Gasteiger partial charge in [0.2, 0.25) is 5.91 Å². The summed E-state index contributed by atoms with van der Waals surface area (Å²) in [4.78, 5) is 12.1. The summed E-state index contributed by atoms with van der Waals surface area (Å²) in [6, 6.07) is 6.27. The minimum atomic E-state index is -0.0444. The van der Waals surface area contributed by atoms with Crippen molar-refractivity contribution in [2.75, 3.05) is 23.4 Å². The number of aryl methyl sites for hydroxylation is 2. The summed E-state index contributed by atoms with van der Waals surface area (Å²) in [5.41, 5.74) is 3.79. The molecule has 18 heavy (non-hydrogen) atoms. The molecule has 1 saturated heterocycles. The average Bonchev–Trinajstić information content (AvgIpc) is 2.87. The maximum atomic E-state index is 12.1. The van der Waals surface area contributed by atoms with E-state index < -0.39 is 0 Å². The van der Waals surface area contributed by atoms with E-state index in [0.29, 0.717) is 0 Å². The van der Waals surface area contributed by atoms with Gasteiger partial charge in [-0.2, -0.15) is 11.8 Å². The predicted octanol–water partition coefficient (Wildman–Crippen LogP) is 1.82. The minimum Gasteiger partial charge on any atom is -0.325 e. The highest BCUT2D eigenvalue weighted by molar-refractivity contribution is 7.99. The highest BCUT2D eigenvalue weighted by atomic mass is 32.2. The topological polar surface area (TPSA) is 41.1 Å². The second kappa shape index (κ2) is 5.33. The van der Waals surface area contributed by atoms with Crippen molar-refractivity contribution in [3.63, 3.8) is 0 Å². The monoisotopic (exact) mass is 262 g/mol. The first-order valence-electron chi connectivity index (χ1n) is 6.57. The van der Waals surface area contributed by atoms with Gasteiger partial charge in [-0.05, 0) is 42.5 Å². The van der Waals surface area contributed by atoms with Crippen molar-refractivity contribution in [2.45, 2.75) is 25.3 Å². The van der Waals surface area contributed by atoms with E-state index in [2.05, 4.69) is 22.8 Å². The molecule has 0 saturated carbocycles. The lowest BCUT2D eigenvalue weighted by Gasteiger charge is -2.22.